The molecule has 10 heteroatoms. The topological polar surface area (TPSA) is 122 Å². The van der Waals surface area contributed by atoms with Crippen molar-refractivity contribution in [1.82, 2.24) is 29.7 Å². The van der Waals surface area contributed by atoms with Crippen molar-refractivity contribution in [1.29, 1.82) is 5.26 Å². The van der Waals surface area contributed by atoms with Crippen LogP contribution in [0.4, 0.5) is 11.6 Å². The molecule has 3 heterocycles. The molecule has 0 bridgehead atoms. The minimum Gasteiger partial charge on any atom is -0.382 e. The van der Waals surface area contributed by atoms with E-state index in [1.54, 1.807) is 4.52 Å². The number of anilines is 2. The van der Waals surface area contributed by atoms with Gasteiger partial charge in [-0.25, -0.2) is 4.98 Å². The van der Waals surface area contributed by atoms with Crippen LogP contribution in [0.3, 0.4) is 0 Å². The molecule has 0 radical (unpaired) electrons. The zero-order valence-corrected chi connectivity index (χ0v) is 19.8. The van der Waals surface area contributed by atoms with E-state index in [2.05, 4.69) is 56.9 Å². The number of rotatable bonds is 11. The van der Waals surface area contributed by atoms with Gasteiger partial charge in [0.15, 0.2) is 5.65 Å². The summed E-state index contributed by atoms with van der Waals surface area (Å²) < 4.78 is 3.70. The number of nitrogens with two attached hydrogens (primary N) is 1. The molecule has 3 aromatic heterocycles. The first-order valence-corrected chi connectivity index (χ1v) is 12.5. The maximum absolute atomic E-state index is 9.64. The van der Waals surface area contributed by atoms with Crippen LogP contribution in [-0.4, -0.2) is 56.0 Å². The predicted octanol–water partition coefficient (Wildman–Crippen LogP) is 2.35. The van der Waals surface area contributed by atoms with E-state index in [1.807, 2.05) is 18.7 Å². The first-order valence-electron chi connectivity index (χ1n) is 11.1. The van der Waals surface area contributed by atoms with Crippen LogP contribution in [0, 0.1) is 18.3 Å². The summed E-state index contributed by atoms with van der Waals surface area (Å²) in [7, 11) is 0. The lowest BCUT2D eigenvalue weighted by Gasteiger charge is -2.16. The van der Waals surface area contributed by atoms with Gasteiger partial charge in [0.05, 0.1) is 16.9 Å². The summed E-state index contributed by atoms with van der Waals surface area (Å²) in [5.74, 6) is 1.94. The highest BCUT2D eigenvalue weighted by Crippen LogP contribution is 2.42. The van der Waals surface area contributed by atoms with Crippen LogP contribution in [0.15, 0.2) is 12.3 Å². The SMILES string of the molecule is CCc1c(C)nn2c(N)c(C#N)c(NCCc3ccn(C4(CNCCSC)CC4)n3)nc12. The van der Waals surface area contributed by atoms with Gasteiger partial charge >= 0.3 is 0 Å². The lowest BCUT2D eigenvalue weighted by atomic mass is 10.2. The molecule has 1 aliphatic carbocycles. The maximum atomic E-state index is 9.64. The maximum Gasteiger partial charge on any atom is 0.163 e. The van der Waals surface area contributed by atoms with E-state index in [9.17, 15) is 5.26 Å². The zero-order chi connectivity index (χ0) is 22.7. The number of fused-ring (bicyclic) bond motifs is 1. The van der Waals surface area contributed by atoms with E-state index in [4.69, 9.17) is 10.8 Å². The molecule has 0 amide bonds. The molecule has 9 nitrogen and oxygen atoms in total. The van der Waals surface area contributed by atoms with E-state index >= 15 is 0 Å². The predicted molar refractivity (Wildman–Crippen MR) is 129 cm³/mol. The second kappa shape index (κ2) is 9.38. The minimum atomic E-state index is 0.134. The number of nitrogen functional groups attached to an aromatic ring is 1. The highest BCUT2D eigenvalue weighted by atomic mass is 32.2. The molecule has 1 fully saturated rings. The van der Waals surface area contributed by atoms with Crippen LogP contribution in [-0.2, 0) is 18.4 Å². The van der Waals surface area contributed by atoms with Gasteiger partial charge in [0.2, 0.25) is 0 Å². The number of thioether (sulfide) groups is 1. The molecular formula is C22H31N9S. The normalized spacial score (nSPS) is 14.6. The Morgan fingerprint density at radius 1 is 1.31 bits per heavy atom. The Morgan fingerprint density at radius 3 is 2.81 bits per heavy atom. The van der Waals surface area contributed by atoms with Crippen LogP contribution in [0.2, 0.25) is 0 Å². The van der Waals surface area contributed by atoms with Crippen LogP contribution >= 0.6 is 11.8 Å². The molecule has 3 aromatic rings. The molecule has 0 saturated heterocycles. The molecule has 32 heavy (non-hydrogen) atoms. The fourth-order valence-electron chi connectivity index (χ4n) is 4.07. The van der Waals surface area contributed by atoms with Crippen molar-refractivity contribution >= 4 is 29.0 Å². The van der Waals surface area contributed by atoms with Gasteiger partial charge in [0.1, 0.15) is 23.3 Å². The van der Waals surface area contributed by atoms with Crippen molar-refractivity contribution in [2.45, 2.75) is 45.1 Å². The molecule has 0 spiro atoms. The standard InChI is InChI=1S/C22H31N9S/c1-4-17-15(2)28-31-19(24)18(13-23)20(27-21(17)31)26-9-5-16-6-11-30(29-16)22(7-8-22)14-25-10-12-32-3/h6,11,25H,4-5,7-10,12,14,24H2,1-3H3,(H,26,27). The van der Waals surface area contributed by atoms with E-state index in [0.29, 0.717) is 29.4 Å². The molecule has 0 aromatic carbocycles. The Labute approximate surface area is 192 Å². The van der Waals surface area contributed by atoms with Gasteiger partial charge in [-0.15, -0.1) is 0 Å². The number of nitrogens with one attached hydrogen (secondary N) is 2. The van der Waals surface area contributed by atoms with Gasteiger partial charge in [-0.05, 0) is 38.5 Å². The van der Waals surface area contributed by atoms with Crippen molar-refractivity contribution in [2.75, 3.05) is 42.7 Å². The van der Waals surface area contributed by atoms with Crippen molar-refractivity contribution in [3.63, 3.8) is 0 Å². The van der Waals surface area contributed by atoms with Gasteiger partial charge in [-0.3, -0.25) is 4.68 Å². The monoisotopic (exact) mass is 453 g/mol. The van der Waals surface area contributed by atoms with E-state index in [-0.39, 0.29) is 5.54 Å². The van der Waals surface area contributed by atoms with Crippen LogP contribution in [0.1, 0.15) is 42.3 Å². The van der Waals surface area contributed by atoms with Crippen molar-refractivity contribution in [3.05, 3.63) is 34.8 Å². The summed E-state index contributed by atoms with van der Waals surface area (Å²) in [6.07, 6.45) is 8.08. The summed E-state index contributed by atoms with van der Waals surface area (Å²) >= 11 is 1.86. The van der Waals surface area contributed by atoms with Crippen molar-refractivity contribution in [2.24, 2.45) is 0 Å². The van der Waals surface area contributed by atoms with Gasteiger partial charge in [0, 0.05) is 43.6 Å². The molecule has 170 valence electrons. The van der Waals surface area contributed by atoms with E-state index in [0.717, 1.165) is 61.5 Å². The molecule has 0 aliphatic heterocycles. The second-order valence-electron chi connectivity index (χ2n) is 8.31. The molecule has 4 N–H and O–H groups in total. The number of aryl methyl sites for hydroxylation is 2. The molecule has 0 unspecified atom stereocenters. The number of nitrogens with zero attached hydrogens (tertiary/aromatic N) is 6. The van der Waals surface area contributed by atoms with Crippen molar-refractivity contribution < 1.29 is 0 Å². The molecule has 0 atom stereocenters. The summed E-state index contributed by atoms with van der Waals surface area (Å²) in [5.41, 5.74) is 10.4. The van der Waals surface area contributed by atoms with Gasteiger partial charge in [-0.1, -0.05) is 6.92 Å². The van der Waals surface area contributed by atoms with E-state index in [1.165, 1.54) is 0 Å². The molecule has 4 rings (SSSR count). The number of hydrogen-bond acceptors (Lipinski definition) is 8. The van der Waals surface area contributed by atoms with Gasteiger partial charge < -0.3 is 16.4 Å². The van der Waals surface area contributed by atoms with Gasteiger partial charge in [0.25, 0.3) is 0 Å². The highest BCUT2D eigenvalue weighted by molar-refractivity contribution is 7.98. The highest BCUT2D eigenvalue weighted by Gasteiger charge is 2.44. The first-order chi connectivity index (χ1) is 15.5. The minimum absolute atomic E-state index is 0.134. The average Bonchev–Trinajstić information content (AvgIpc) is 3.28. The zero-order valence-electron chi connectivity index (χ0n) is 19.0. The number of nitriles is 1. The quantitative estimate of drug-likeness (QED) is 0.378. The summed E-state index contributed by atoms with van der Waals surface area (Å²) in [4.78, 5) is 4.68. The van der Waals surface area contributed by atoms with Crippen LogP contribution < -0.4 is 16.4 Å². The van der Waals surface area contributed by atoms with Gasteiger partial charge in [-0.2, -0.15) is 31.7 Å². The summed E-state index contributed by atoms with van der Waals surface area (Å²) in [5, 5.41) is 25.8. The van der Waals surface area contributed by atoms with E-state index < -0.39 is 0 Å². The first kappa shape index (κ1) is 22.4. The Morgan fingerprint density at radius 2 is 2.12 bits per heavy atom. The Balaban J connectivity index is 1.43. The second-order valence-corrected chi connectivity index (χ2v) is 9.29. The summed E-state index contributed by atoms with van der Waals surface area (Å²) in [6.45, 7) is 6.61. The largest absolute Gasteiger partial charge is 0.382 e. The molecular weight excluding hydrogens is 422 g/mol. The average molecular weight is 454 g/mol. The van der Waals surface area contributed by atoms with Crippen molar-refractivity contribution in [3.8, 4) is 6.07 Å². The third-order valence-electron chi connectivity index (χ3n) is 6.13. The number of hydrogen-bond donors (Lipinski definition) is 3. The number of aromatic nitrogens is 5. The Hall–Kier alpha value is -2.77. The lowest BCUT2D eigenvalue weighted by Crippen LogP contribution is -2.33. The Kier molecular flexibility index (Phi) is 6.58. The smallest absolute Gasteiger partial charge is 0.163 e. The third kappa shape index (κ3) is 4.27. The fourth-order valence-corrected chi connectivity index (χ4v) is 4.41. The van der Waals surface area contributed by atoms with Crippen LogP contribution in [0.5, 0.6) is 0 Å². The lowest BCUT2D eigenvalue weighted by molar-refractivity contribution is 0.404. The fraction of sp³-hybridized carbons (Fsp3) is 0.545. The van der Waals surface area contributed by atoms with Crippen LogP contribution in [0.25, 0.3) is 5.65 Å². The molecule has 1 saturated carbocycles. The Bertz CT molecular complexity index is 1140. The third-order valence-corrected chi connectivity index (χ3v) is 6.74. The molecule has 1 aliphatic rings. The summed E-state index contributed by atoms with van der Waals surface area (Å²) in [6, 6.07) is 4.25.